The Morgan fingerprint density at radius 1 is 1.19 bits per heavy atom. The van der Waals surface area contributed by atoms with Gasteiger partial charge in [0.15, 0.2) is 6.04 Å². The highest BCUT2D eigenvalue weighted by molar-refractivity contribution is 6.31. The van der Waals surface area contributed by atoms with Crippen LogP contribution in [0.25, 0.3) is 0 Å². The molecule has 0 aliphatic carbocycles. The summed E-state index contributed by atoms with van der Waals surface area (Å²) >= 11 is 5.95. The first-order valence-corrected chi connectivity index (χ1v) is 6.25. The number of carbonyl (C=O) groups excluding carboxylic acids is 1. The highest BCUT2D eigenvalue weighted by atomic mass is 35.5. The van der Waals surface area contributed by atoms with Crippen LogP contribution in [0.5, 0.6) is 0 Å². The number of nitrogens with one attached hydrogen (secondary N) is 2. The fourth-order valence-electron chi connectivity index (χ4n) is 1.64. The first-order valence-electron chi connectivity index (χ1n) is 5.87. The number of carbonyl (C=O) groups is 2. The van der Waals surface area contributed by atoms with Gasteiger partial charge in [-0.05, 0) is 6.07 Å². The second-order valence-corrected chi connectivity index (χ2v) is 4.43. The Hall–Kier alpha value is -2.67. The topological polar surface area (TPSA) is 104 Å². The standard InChI is InChI=1S/C13H11ClN4O3/c14-10-4-2-1-3-9(10)11(12(19)20)18-13(21)17-8-5-15-7-16-6-8/h1-7,11H,(H,19,20)(H2,17,18,21)/t11-/m1/s1. The van der Waals surface area contributed by atoms with Crippen LogP contribution in [0.4, 0.5) is 10.5 Å². The van der Waals surface area contributed by atoms with Gasteiger partial charge in [0.2, 0.25) is 0 Å². The van der Waals surface area contributed by atoms with Crippen LogP contribution < -0.4 is 10.6 Å². The molecule has 21 heavy (non-hydrogen) atoms. The largest absolute Gasteiger partial charge is 0.479 e. The summed E-state index contributed by atoms with van der Waals surface area (Å²) in [7, 11) is 0. The van der Waals surface area contributed by atoms with E-state index in [2.05, 4.69) is 20.6 Å². The van der Waals surface area contributed by atoms with Crippen LogP contribution in [0.2, 0.25) is 5.02 Å². The molecule has 1 atom stereocenters. The molecular weight excluding hydrogens is 296 g/mol. The van der Waals surface area contributed by atoms with Gasteiger partial charge in [0.25, 0.3) is 0 Å². The van der Waals surface area contributed by atoms with E-state index in [1.165, 1.54) is 24.8 Å². The Kier molecular flexibility index (Phi) is 4.68. The second kappa shape index (κ2) is 6.67. The number of aliphatic carboxylic acids is 1. The maximum Gasteiger partial charge on any atom is 0.331 e. The Morgan fingerprint density at radius 2 is 1.86 bits per heavy atom. The van der Waals surface area contributed by atoms with Crippen molar-refractivity contribution in [2.45, 2.75) is 6.04 Å². The molecule has 0 aliphatic rings. The number of carboxylic acids is 1. The van der Waals surface area contributed by atoms with Crippen molar-refractivity contribution in [1.82, 2.24) is 15.3 Å². The fraction of sp³-hybridized carbons (Fsp3) is 0.0769. The van der Waals surface area contributed by atoms with Gasteiger partial charge >= 0.3 is 12.0 Å². The maximum atomic E-state index is 11.8. The van der Waals surface area contributed by atoms with E-state index in [9.17, 15) is 14.7 Å². The third-order valence-corrected chi connectivity index (χ3v) is 2.90. The minimum absolute atomic E-state index is 0.258. The van der Waals surface area contributed by atoms with Gasteiger partial charge in [-0.25, -0.2) is 19.6 Å². The molecule has 3 N–H and O–H groups in total. The monoisotopic (exact) mass is 306 g/mol. The number of benzene rings is 1. The Bertz CT molecular complexity index is 651. The number of hydrogen-bond donors (Lipinski definition) is 3. The van der Waals surface area contributed by atoms with Gasteiger partial charge in [0.1, 0.15) is 6.33 Å². The Balaban J connectivity index is 2.12. The molecule has 0 saturated carbocycles. The van der Waals surface area contributed by atoms with E-state index in [4.69, 9.17) is 11.6 Å². The molecule has 0 aliphatic heterocycles. The quantitative estimate of drug-likeness (QED) is 0.802. The van der Waals surface area contributed by atoms with Gasteiger partial charge in [-0.1, -0.05) is 29.8 Å². The van der Waals surface area contributed by atoms with Crippen molar-refractivity contribution in [2.24, 2.45) is 0 Å². The molecule has 7 nitrogen and oxygen atoms in total. The van der Waals surface area contributed by atoms with Crippen molar-refractivity contribution < 1.29 is 14.7 Å². The number of carboxylic acid groups (broad SMARTS) is 1. The van der Waals surface area contributed by atoms with Crippen LogP contribution in [0.3, 0.4) is 0 Å². The summed E-state index contributed by atoms with van der Waals surface area (Å²) in [6, 6.07) is 4.44. The van der Waals surface area contributed by atoms with Crippen molar-refractivity contribution in [1.29, 1.82) is 0 Å². The minimum Gasteiger partial charge on any atom is -0.479 e. The van der Waals surface area contributed by atoms with Crippen LogP contribution >= 0.6 is 11.6 Å². The number of halogens is 1. The van der Waals surface area contributed by atoms with Gasteiger partial charge in [0, 0.05) is 10.6 Å². The lowest BCUT2D eigenvalue weighted by Gasteiger charge is -2.16. The van der Waals surface area contributed by atoms with Gasteiger partial charge in [-0.3, -0.25) is 0 Å². The van der Waals surface area contributed by atoms with Crippen molar-refractivity contribution >= 4 is 29.3 Å². The molecule has 1 aromatic carbocycles. The molecule has 1 aromatic heterocycles. The average Bonchev–Trinajstić information content (AvgIpc) is 2.46. The average molecular weight is 307 g/mol. The summed E-state index contributed by atoms with van der Waals surface area (Å²) in [6.45, 7) is 0. The molecule has 0 unspecified atom stereocenters. The summed E-state index contributed by atoms with van der Waals surface area (Å²) in [5.74, 6) is -1.22. The number of nitrogens with zero attached hydrogens (tertiary/aromatic N) is 2. The minimum atomic E-state index is -1.26. The molecule has 1 heterocycles. The van der Waals surface area contributed by atoms with Crippen molar-refractivity contribution in [2.75, 3.05) is 5.32 Å². The molecule has 0 bridgehead atoms. The lowest BCUT2D eigenvalue weighted by molar-refractivity contribution is -0.139. The van der Waals surface area contributed by atoms with Crippen LogP contribution in [-0.2, 0) is 4.79 Å². The zero-order valence-electron chi connectivity index (χ0n) is 10.7. The second-order valence-electron chi connectivity index (χ2n) is 4.02. The van der Waals surface area contributed by atoms with Gasteiger partial charge in [-0.2, -0.15) is 0 Å². The zero-order valence-corrected chi connectivity index (χ0v) is 11.4. The van der Waals surface area contributed by atoms with Crippen LogP contribution in [-0.4, -0.2) is 27.1 Å². The molecule has 0 spiro atoms. The number of rotatable bonds is 4. The summed E-state index contributed by atoms with van der Waals surface area (Å²) in [5, 5.41) is 14.3. The molecule has 2 amide bonds. The maximum absolute atomic E-state index is 11.8. The fourth-order valence-corrected chi connectivity index (χ4v) is 1.89. The third-order valence-electron chi connectivity index (χ3n) is 2.56. The predicted molar refractivity (Wildman–Crippen MR) is 76.0 cm³/mol. The Labute approximate surface area is 125 Å². The predicted octanol–water partition coefficient (Wildman–Crippen LogP) is 2.08. The van der Waals surface area contributed by atoms with Crippen LogP contribution in [0.15, 0.2) is 43.0 Å². The van der Waals surface area contributed by atoms with E-state index < -0.39 is 18.0 Å². The lowest BCUT2D eigenvalue weighted by Crippen LogP contribution is -2.36. The SMILES string of the molecule is O=C(Nc1cncnc1)N[C@@H](C(=O)O)c1ccccc1Cl. The molecular formula is C13H11ClN4O3. The molecule has 0 saturated heterocycles. The van der Waals surface area contributed by atoms with E-state index in [0.717, 1.165) is 0 Å². The molecule has 0 fully saturated rings. The summed E-state index contributed by atoms with van der Waals surface area (Å²) in [4.78, 5) is 30.6. The summed E-state index contributed by atoms with van der Waals surface area (Å²) in [6.07, 6.45) is 4.09. The van der Waals surface area contributed by atoms with Crippen LogP contribution in [0, 0.1) is 0 Å². The smallest absolute Gasteiger partial charge is 0.331 e. The van der Waals surface area contributed by atoms with Gasteiger partial charge in [-0.15, -0.1) is 0 Å². The van der Waals surface area contributed by atoms with E-state index >= 15 is 0 Å². The normalized spacial score (nSPS) is 11.5. The zero-order chi connectivity index (χ0) is 15.2. The summed E-state index contributed by atoms with van der Waals surface area (Å²) in [5.41, 5.74) is 0.643. The highest BCUT2D eigenvalue weighted by Gasteiger charge is 2.24. The number of anilines is 1. The van der Waals surface area contributed by atoms with E-state index in [0.29, 0.717) is 11.3 Å². The summed E-state index contributed by atoms with van der Waals surface area (Å²) < 4.78 is 0. The number of hydrogen-bond acceptors (Lipinski definition) is 4. The van der Waals surface area contributed by atoms with Gasteiger partial charge < -0.3 is 15.7 Å². The van der Waals surface area contributed by atoms with Crippen molar-refractivity contribution in [3.8, 4) is 0 Å². The van der Waals surface area contributed by atoms with E-state index in [1.54, 1.807) is 18.2 Å². The van der Waals surface area contributed by atoms with E-state index in [1.807, 2.05) is 0 Å². The first kappa shape index (κ1) is 14.7. The molecule has 8 heteroatoms. The van der Waals surface area contributed by atoms with Crippen molar-refractivity contribution in [3.63, 3.8) is 0 Å². The van der Waals surface area contributed by atoms with Gasteiger partial charge in [0.05, 0.1) is 18.1 Å². The Morgan fingerprint density at radius 3 is 2.48 bits per heavy atom. The van der Waals surface area contributed by atoms with Crippen molar-refractivity contribution in [3.05, 3.63) is 53.6 Å². The van der Waals surface area contributed by atoms with Crippen LogP contribution in [0.1, 0.15) is 11.6 Å². The molecule has 2 aromatic rings. The molecule has 0 radical (unpaired) electrons. The third kappa shape index (κ3) is 3.90. The molecule has 108 valence electrons. The molecule has 2 rings (SSSR count). The highest BCUT2D eigenvalue weighted by Crippen LogP contribution is 2.22. The first-order chi connectivity index (χ1) is 10.1. The number of amides is 2. The lowest BCUT2D eigenvalue weighted by atomic mass is 10.1. The van der Waals surface area contributed by atoms with E-state index in [-0.39, 0.29) is 5.02 Å². The number of aromatic nitrogens is 2. The number of urea groups is 1.